The molecule has 39 heavy (non-hydrogen) atoms. The maximum Gasteiger partial charge on any atom is 0.269 e. The molecular weight excluding hydrogens is 514 g/mol. The molecule has 198 valence electrons. The zero-order valence-electron chi connectivity index (χ0n) is 21.5. The molecule has 0 bridgehead atoms. The predicted octanol–water partition coefficient (Wildman–Crippen LogP) is 5.87. The van der Waals surface area contributed by atoms with Gasteiger partial charge in [-0.15, -0.1) is 0 Å². The summed E-state index contributed by atoms with van der Waals surface area (Å²) in [5, 5.41) is 17.9. The van der Waals surface area contributed by atoms with Crippen LogP contribution in [0.2, 0.25) is 0 Å². The number of nitrogens with zero attached hydrogens (tertiary/aromatic N) is 3. The smallest absolute Gasteiger partial charge is 0.269 e. The number of hydrogen-bond donors (Lipinski definition) is 2. The Morgan fingerprint density at radius 2 is 1.92 bits per heavy atom. The maximum atomic E-state index is 12.9. The number of pyridine rings is 1. The first-order valence-electron chi connectivity index (χ1n) is 12.5. The van der Waals surface area contributed by atoms with Gasteiger partial charge >= 0.3 is 0 Å². The zero-order chi connectivity index (χ0) is 27.5. The van der Waals surface area contributed by atoms with Crippen LogP contribution in [0, 0.1) is 24.0 Å². The predicted molar refractivity (Wildman–Crippen MR) is 152 cm³/mol. The quantitative estimate of drug-likeness (QED) is 0.162. The van der Waals surface area contributed by atoms with Crippen molar-refractivity contribution in [3.63, 3.8) is 0 Å². The van der Waals surface area contributed by atoms with Crippen molar-refractivity contribution < 1.29 is 14.1 Å². The van der Waals surface area contributed by atoms with Crippen LogP contribution >= 0.6 is 12.2 Å². The number of nitrogens with one attached hydrogen (secondary N) is 2. The molecule has 2 aromatic carbocycles. The number of anilines is 1. The van der Waals surface area contributed by atoms with E-state index in [4.69, 9.17) is 16.6 Å². The van der Waals surface area contributed by atoms with Gasteiger partial charge in [0.15, 0.2) is 5.11 Å². The van der Waals surface area contributed by atoms with E-state index in [9.17, 15) is 14.9 Å². The summed E-state index contributed by atoms with van der Waals surface area (Å²) >= 11 is 5.70. The third kappa shape index (κ3) is 5.65. The minimum absolute atomic E-state index is 0.0106. The van der Waals surface area contributed by atoms with E-state index in [1.54, 1.807) is 18.3 Å². The fourth-order valence-electron chi connectivity index (χ4n) is 4.67. The van der Waals surface area contributed by atoms with Crippen LogP contribution in [0.5, 0.6) is 0 Å². The Labute approximate surface area is 231 Å². The van der Waals surface area contributed by atoms with Gasteiger partial charge in [-0.05, 0) is 79.7 Å². The lowest BCUT2D eigenvalue weighted by atomic mass is 10.0. The SMILES string of the molecule is Cc1ccc(C)c(NC(=O)CCN2C(=S)NC(c3ccccn3)C2c2ccc(-c3ccc([N+](=O)[O-])cc3)o2)c1. The molecule has 2 N–H and O–H groups in total. The number of non-ortho nitro benzene ring substituents is 1. The second-order valence-electron chi connectivity index (χ2n) is 9.44. The van der Waals surface area contributed by atoms with Gasteiger partial charge in [-0.25, -0.2) is 0 Å². The summed E-state index contributed by atoms with van der Waals surface area (Å²) in [4.78, 5) is 30.0. The van der Waals surface area contributed by atoms with Gasteiger partial charge in [0.05, 0.1) is 16.7 Å². The summed E-state index contributed by atoms with van der Waals surface area (Å²) in [5.41, 5.74) is 4.38. The van der Waals surface area contributed by atoms with Crippen LogP contribution < -0.4 is 10.6 Å². The molecule has 10 heteroatoms. The molecule has 0 aliphatic carbocycles. The van der Waals surface area contributed by atoms with Gasteiger partial charge in [0, 0.05) is 42.5 Å². The van der Waals surface area contributed by atoms with Crippen molar-refractivity contribution in [2.75, 3.05) is 11.9 Å². The molecule has 9 nitrogen and oxygen atoms in total. The fraction of sp³-hybridized carbons (Fsp3) is 0.207. The molecule has 0 radical (unpaired) electrons. The van der Waals surface area contributed by atoms with Crippen molar-refractivity contribution in [1.29, 1.82) is 0 Å². The number of aromatic nitrogens is 1. The summed E-state index contributed by atoms with van der Waals surface area (Å²) in [5.74, 6) is 1.10. The molecule has 0 saturated carbocycles. The molecule has 1 fully saturated rings. The van der Waals surface area contributed by atoms with Crippen LogP contribution in [-0.2, 0) is 4.79 Å². The largest absolute Gasteiger partial charge is 0.459 e. The van der Waals surface area contributed by atoms with Gasteiger partial charge in [0.2, 0.25) is 5.91 Å². The number of aryl methyl sites for hydroxylation is 2. The van der Waals surface area contributed by atoms with E-state index in [1.807, 2.05) is 67.3 Å². The van der Waals surface area contributed by atoms with E-state index in [0.29, 0.717) is 28.7 Å². The van der Waals surface area contributed by atoms with Crippen LogP contribution in [-0.4, -0.2) is 32.4 Å². The summed E-state index contributed by atoms with van der Waals surface area (Å²) < 4.78 is 6.28. The number of thiocarbonyl (C=S) groups is 1. The van der Waals surface area contributed by atoms with Gasteiger partial charge in [-0.1, -0.05) is 18.2 Å². The van der Waals surface area contributed by atoms with Crippen molar-refractivity contribution in [2.24, 2.45) is 0 Å². The highest BCUT2D eigenvalue weighted by Crippen LogP contribution is 2.40. The summed E-state index contributed by atoms with van der Waals surface area (Å²) in [6.45, 7) is 4.31. The molecule has 2 atom stereocenters. The standard InChI is InChI=1S/C29H27N5O4S/c1-18-6-7-19(2)23(17-18)31-26(35)14-16-33-28(27(32-29(33)39)22-5-3-4-15-30-22)25-13-12-24(38-25)20-8-10-21(11-9-20)34(36)37/h3-13,15,17,27-28H,14,16H2,1-2H3,(H,31,35)(H,32,39). The number of carbonyl (C=O) groups excluding carboxylic acids is 1. The Kier molecular flexibility index (Phi) is 7.38. The van der Waals surface area contributed by atoms with E-state index < -0.39 is 4.92 Å². The lowest BCUT2D eigenvalue weighted by Gasteiger charge is -2.26. The number of hydrogen-bond acceptors (Lipinski definition) is 6. The number of carbonyl (C=O) groups is 1. The first kappa shape index (κ1) is 26.1. The topological polar surface area (TPSA) is 114 Å². The molecule has 2 aromatic heterocycles. The Morgan fingerprint density at radius 3 is 2.64 bits per heavy atom. The first-order valence-corrected chi connectivity index (χ1v) is 12.9. The van der Waals surface area contributed by atoms with Crippen LogP contribution in [0.1, 0.15) is 41.1 Å². The van der Waals surface area contributed by atoms with Crippen molar-refractivity contribution in [3.05, 3.63) is 112 Å². The van der Waals surface area contributed by atoms with Gasteiger partial charge in [0.1, 0.15) is 17.6 Å². The number of nitro benzene ring substituents is 1. The van der Waals surface area contributed by atoms with E-state index in [2.05, 4.69) is 15.6 Å². The van der Waals surface area contributed by atoms with Crippen molar-refractivity contribution in [1.82, 2.24) is 15.2 Å². The summed E-state index contributed by atoms with van der Waals surface area (Å²) in [6.07, 6.45) is 1.94. The maximum absolute atomic E-state index is 12.9. The van der Waals surface area contributed by atoms with E-state index in [0.717, 1.165) is 22.5 Å². The average molecular weight is 542 g/mol. The summed E-state index contributed by atoms with van der Waals surface area (Å²) in [6, 6.07) is 20.9. The third-order valence-electron chi connectivity index (χ3n) is 6.73. The average Bonchev–Trinajstić information content (AvgIpc) is 3.54. The van der Waals surface area contributed by atoms with Crippen molar-refractivity contribution in [2.45, 2.75) is 32.4 Å². The Balaban J connectivity index is 1.39. The monoisotopic (exact) mass is 541 g/mol. The Hall–Kier alpha value is -4.57. The lowest BCUT2D eigenvalue weighted by molar-refractivity contribution is -0.384. The highest BCUT2D eigenvalue weighted by molar-refractivity contribution is 7.80. The molecular formula is C29H27N5O4S. The highest BCUT2D eigenvalue weighted by Gasteiger charge is 2.41. The fourth-order valence-corrected chi connectivity index (χ4v) is 5.01. The Bertz CT molecular complexity index is 1520. The van der Waals surface area contributed by atoms with Crippen LogP contribution in [0.25, 0.3) is 11.3 Å². The number of rotatable bonds is 8. The first-order chi connectivity index (χ1) is 18.8. The van der Waals surface area contributed by atoms with Crippen LogP contribution in [0.15, 0.2) is 83.4 Å². The molecule has 3 heterocycles. The van der Waals surface area contributed by atoms with E-state index >= 15 is 0 Å². The number of nitro groups is 1. The Morgan fingerprint density at radius 1 is 1.13 bits per heavy atom. The number of amides is 1. The third-order valence-corrected chi connectivity index (χ3v) is 7.08. The van der Waals surface area contributed by atoms with Crippen LogP contribution in [0.4, 0.5) is 11.4 Å². The van der Waals surface area contributed by atoms with E-state index in [1.165, 1.54) is 12.1 Å². The number of furan rings is 1. The minimum atomic E-state index is -0.436. The molecule has 1 amide bonds. The normalized spacial score (nSPS) is 16.7. The van der Waals surface area contributed by atoms with Crippen LogP contribution in [0.3, 0.4) is 0 Å². The van der Waals surface area contributed by atoms with Gasteiger partial charge in [-0.2, -0.15) is 0 Å². The van der Waals surface area contributed by atoms with E-state index in [-0.39, 0.29) is 30.1 Å². The molecule has 1 aliphatic rings. The molecule has 1 saturated heterocycles. The highest BCUT2D eigenvalue weighted by atomic mass is 32.1. The lowest BCUT2D eigenvalue weighted by Crippen LogP contribution is -2.32. The molecule has 0 spiro atoms. The van der Waals surface area contributed by atoms with Crippen molar-refractivity contribution in [3.8, 4) is 11.3 Å². The second-order valence-corrected chi connectivity index (χ2v) is 9.83. The molecule has 4 aromatic rings. The number of benzene rings is 2. The summed E-state index contributed by atoms with van der Waals surface area (Å²) in [7, 11) is 0. The molecule has 2 unspecified atom stereocenters. The second kappa shape index (κ2) is 11.0. The van der Waals surface area contributed by atoms with Gasteiger partial charge in [-0.3, -0.25) is 19.9 Å². The minimum Gasteiger partial charge on any atom is -0.459 e. The molecule has 5 rings (SSSR count). The molecule has 1 aliphatic heterocycles. The van der Waals surface area contributed by atoms with Gasteiger partial charge in [0.25, 0.3) is 5.69 Å². The van der Waals surface area contributed by atoms with Gasteiger partial charge < -0.3 is 20.0 Å². The van der Waals surface area contributed by atoms with Crippen molar-refractivity contribution >= 4 is 34.6 Å². The zero-order valence-corrected chi connectivity index (χ0v) is 22.3.